The van der Waals surface area contributed by atoms with Gasteiger partial charge in [-0.15, -0.1) is 0 Å². The van der Waals surface area contributed by atoms with E-state index in [1.165, 1.54) is 7.05 Å². The van der Waals surface area contributed by atoms with E-state index in [2.05, 4.69) is 194 Å². The Kier molecular flexibility index (Phi) is 14.5. The SMILES string of the molecule is C=CC=NC.C=CC=NC.CN.c1cncc(-c2cccc(-c3ccc4c(c3)c3ncccc3n4-c3ccc4oc5ccc(-n6c7ccc(-c8cccc(-c9cccnc9)c8)cc7c7ncccc76)cc5c4c3)c2)c1. The fourth-order valence-corrected chi connectivity index (χ4v) is 9.65. The van der Waals surface area contributed by atoms with Crippen molar-refractivity contribution in [2.45, 2.75) is 0 Å². The van der Waals surface area contributed by atoms with Gasteiger partial charge >= 0.3 is 0 Å². The summed E-state index contributed by atoms with van der Waals surface area (Å²) in [5, 5.41) is 4.28. The van der Waals surface area contributed by atoms with Crippen LogP contribution in [0.2, 0.25) is 0 Å². The summed E-state index contributed by atoms with van der Waals surface area (Å²) < 4.78 is 11.1. The number of rotatable bonds is 8. The number of furan rings is 1. The molecule has 0 unspecified atom stereocenters. The second kappa shape index (κ2) is 22.3. The first kappa shape index (κ1) is 48.7. The number of allylic oxidation sites excluding steroid dienone is 2. The lowest BCUT2D eigenvalue weighted by Crippen LogP contribution is -1.94. The number of hydrogen-bond acceptors (Lipinski definition) is 8. The second-order valence-corrected chi connectivity index (χ2v) is 17.3. The van der Waals surface area contributed by atoms with Gasteiger partial charge in [0.1, 0.15) is 11.2 Å². The maximum Gasteiger partial charge on any atom is 0.135 e. The molecule has 13 rings (SSSR count). The zero-order valence-electron chi connectivity index (χ0n) is 41.9. The smallest absolute Gasteiger partial charge is 0.135 e. The van der Waals surface area contributed by atoms with Crippen LogP contribution >= 0.6 is 0 Å². The molecule has 0 fully saturated rings. The molecule has 0 aliphatic carbocycles. The van der Waals surface area contributed by atoms with Crippen LogP contribution in [0.4, 0.5) is 0 Å². The molecule has 10 heteroatoms. The highest BCUT2D eigenvalue weighted by Gasteiger charge is 2.19. The Hall–Kier alpha value is -9.90. The van der Waals surface area contributed by atoms with Crippen LogP contribution in [0.5, 0.6) is 0 Å². The lowest BCUT2D eigenvalue weighted by Gasteiger charge is -2.10. The quantitative estimate of drug-likeness (QED) is 0.151. The van der Waals surface area contributed by atoms with Gasteiger partial charge in [-0.3, -0.25) is 29.9 Å². The normalized spacial score (nSPS) is 11.2. The van der Waals surface area contributed by atoms with Crippen molar-refractivity contribution >= 4 is 78.2 Å². The molecule has 0 amide bonds. The van der Waals surface area contributed by atoms with E-state index >= 15 is 0 Å². The summed E-state index contributed by atoms with van der Waals surface area (Å²) in [6, 6.07) is 60.1. The number of nitrogens with zero attached hydrogens (tertiary/aromatic N) is 8. The van der Waals surface area contributed by atoms with Crippen LogP contribution in [0.1, 0.15) is 0 Å². The summed E-state index contributed by atoms with van der Waals surface area (Å²) in [6.07, 6.45) is 17.7. The van der Waals surface area contributed by atoms with E-state index in [-0.39, 0.29) is 0 Å². The number of aliphatic imine (C=N–C) groups is 2. The second-order valence-electron chi connectivity index (χ2n) is 17.3. The summed E-state index contributed by atoms with van der Waals surface area (Å²) in [6.45, 7) is 6.80. The molecule has 2 N–H and O–H groups in total. The monoisotopic (exact) mass is 975 g/mol. The molecule has 13 aromatic rings. The molecular weight excluding hydrogens is 923 g/mol. The Bertz CT molecular complexity index is 3950. The van der Waals surface area contributed by atoms with Gasteiger partial charge in [-0.2, -0.15) is 0 Å². The van der Waals surface area contributed by atoms with E-state index in [4.69, 9.17) is 14.4 Å². The molecule has 0 bridgehead atoms. The first-order valence-electron chi connectivity index (χ1n) is 24.5. The Morgan fingerprint density at radius 3 is 1.20 bits per heavy atom. The molecule has 75 heavy (non-hydrogen) atoms. The molecule has 0 radical (unpaired) electrons. The first-order chi connectivity index (χ1) is 37.0. The van der Waals surface area contributed by atoms with Gasteiger partial charge in [-0.1, -0.05) is 86.0 Å². The molecule has 0 aliphatic rings. The predicted molar refractivity (Wildman–Crippen MR) is 315 cm³/mol. The first-order valence-corrected chi connectivity index (χ1v) is 24.5. The van der Waals surface area contributed by atoms with Crippen molar-refractivity contribution in [3.05, 3.63) is 232 Å². The molecule has 10 nitrogen and oxygen atoms in total. The third-order valence-electron chi connectivity index (χ3n) is 12.9. The third-order valence-corrected chi connectivity index (χ3v) is 12.9. The van der Waals surface area contributed by atoms with Crippen LogP contribution in [0, 0.1) is 0 Å². The van der Waals surface area contributed by atoms with Crippen molar-refractivity contribution in [1.29, 1.82) is 0 Å². The zero-order chi connectivity index (χ0) is 51.7. The average molecular weight is 976 g/mol. The highest BCUT2D eigenvalue weighted by Crippen LogP contribution is 2.40. The van der Waals surface area contributed by atoms with Crippen LogP contribution in [-0.2, 0) is 0 Å². The van der Waals surface area contributed by atoms with Gasteiger partial charge in [0.15, 0.2) is 0 Å². The van der Waals surface area contributed by atoms with Crippen molar-refractivity contribution in [2.24, 2.45) is 15.7 Å². The minimum absolute atomic E-state index is 0.836. The molecule has 364 valence electrons. The van der Waals surface area contributed by atoms with Crippen LogP contribution in [0.3, 0.4) is 0 Å². The van der Waals surface area contributed by atoms with Crippen molar-refractivity contribution in [1.82, 2.24) is 29.1 Å². The van der Waals surface area contributed by atoms with Gasteiger partial charge in [-0.05, 0) is 150 Å². The number of pyridine rings is 4. The topological polar surface area (TPSA) is 125 Å². The number of fused-ring (bicyclic) bond motifs is 9. The lowest BCUT2D eigenvalue weighted by molar-refractivity contribution is 0.669. The number of hydrogen-bond donors (Lipinski definition) is 1. The highest BCUT2D eigenvalue weighted by molar-refractivity contribution is 6.12. The van der Waals surface area contributed by atoms with Gasteiger partial charge in [-0.25, -0.2) is 0 Å². The zero-order valence-corrected chi connectivity index (χ0v) is 41.9. The van der Waals surface area contributed by atoms with Crippen molar-refractivity contribution in [3.63, 3.8) is 0 Å². The molecule has 0 atom stereocenters. The molecule has 0 aliphatic heterocycles. The summed E-state index contributed by atoms with van der Waals surface area (Å²) in [4.78, 5) is 25.8. The van der Waals surface area contributed by atoms with Gasteiger partial charge in [0, 0.05) is 108 Å². The molecular formula is C65H53N9O. The van der Waals surface area contributed by atoms with Crippen LogP contribution in [0.25, 0.3) is 122 Å². The summed E-state index contributed by atoms with van der Waals surface area (Å²) >= 11 is 0. The van der Waals surface area contributed by atoms with E-state index in [1.54, 1.807) is 51.1 Å². The summed E-state index contributed by atoms with van der Waals surface area (Å²) in [5.74, 6) is 0. The Balaban J connectivity index is 0.000000487. The van der Waals surface area contributed by atoms with Gasteiger partial charge < -0.3 is 19.3 Å². The van der Waals surface area contributed by atoms with E-state index < -0.39 is 0 Å². The minimum Gasteiger partial charge on any atom is -0.456 e. The maximum atomic E-state index is 6.51. The average Bonchev–Trinajstić information content (AvgIpc) is 4.15. The van der Waals surface area contributed by atoms with E-state index in [9.17, 15) is 0 Å². The largest absolute Gasteiger partial charge is 0.456 e. The van der Waals surface area contributed by atoms with E-state index in [1.807, 2.05) is 49.1 Å². The van der Waals surface area contributed by atoms with Crippen molar-refractivity contribution in [3.8, 4) is 55.9 Å². The third kappa shape index (κ3) is 9.64. The Labute approximate surface area is 434 Å². The molecule has 0 saturated carbocycles. The van der Waals surface area contributed by atoms with E-state index in [0.29, 0.717) is 0 Å². The highest BCUT2D eigenvalue weighted by atomic mass is 16.3. The molecule has 7 aromatic heterocycles. The fraction of sp³-hybridized carbons (Fsp3) is 0.0462. The standard InChI is InChI=1S/C56H34N6O.2C4H7N.CH5N/c1-7-35(27-37(9-1)41-11-3-23-57-33-41)39-15-19-49-47(29-39)55-51(13-5-25-59-55)61(49)43-17-21-53-45(31-43)46-32-44(18-22-54(46)63-53)62-50-20-16-40(30-48(50)56-52(62)14-6-26-60-56)36-8-2-10-38(28-36)42-12-4-24-58-34-42;2*1-3-4-5-2;1-2/h1-34H;2*3-4H,1H2,2H3;2H2,1H3. The van der Waals surface area contributed by atoms with Crippen molar-refractivity contribution < 1.29 is 4.42 Å². The molecule has 0 spiro atoms. The van der Waals surface area contributed by atoms with Gasteiger partial charge in [0.05, 0.1) is 33.1 Å². The summed E-state index contributed by atoms with van der Waals surface area (Å²) in [7, 11) is 4.92. The molecule has 6 aromatic carbocycles. The Morgan fingerprint density at radius 1 is 0.413 bits per heavy atom. The summed E-state index contributed by atoms with van der Waals surface area (Å²) in [5.41, 5.74) is 23.4. The fourth-order valence-electron chi connectivity index (χ4n) is 9.65. The molecule has 7 heterocycles. The van der Waals surface area contributed by atoms with Gasteiger partial charge in [0.25, 0.3) is 0 Å². The number of aromatic nitrogens is 6. The van der Waals surface area contributed by atoms with Crippen LogP contribution in [0.15, 0.2) is 247 Å². The molecule has 0 saturated heterocycles. The van der Waals surface area contributed by atoms with Gasteiger partial charge in [0.2, 0.25) is 0 Å². The predicted octanol–water partition coefficient (Wildman–Crippen LogP) is 15.3. The number of nitrogens with two attached hydrogens (primary N) is 1. The maximum absolute atomic E-state index is 6.51. The van der Waals surface area contributed by atoms with E-state index in [0.717, 1.165) is 122 Å². The lowest BCUT2D eigenvalue weighted by atomic mass is 9.99. The van der Waals surface area contributed by atoms with Crippen molar-refractivity contribution in [2.75, 3.05) is 21.1 Å². The Morgan fingerprint density at radius 2 is 0.813 bits per heavy atom. The minimum atomic E-state index is 0.836. The van der Waals surface area contributed by atoms with Crippen LogP contribution < -0.4 is 5.73 Å². The number of benzene rings is 6. The van der Waals surface area contributed by atoms with Crippen LogP contribution in [-0.4, -0.2) is 62.6 Å².